The van der Waals surface area contributed by atoms with Crippen molar-refractivity contribution < 1.29 is 86.3 Å². The molecule has 6 aliphatic carbocycles. The smallest absolute Gasteiger partial charge is 0.264 e. The third-order valence-electron chi connectivity index (χ3n) is 21.4. The Bertz CT molecular complexity index is 7570. The van der Waals surface area contributed by atoms with Gasteiger partial charge in [0, 0.05) is 100.0 Å². The number of nitrogen functional groups attached to an aromatic ring is 6. The van der Waals surface area contributed by atoms with Gasteiger partial charge in [-0.25, -0.2) is 29.9 Å². The van der Waals surface area contributed by atoms with Crippen LogP contribution in [0.15, 0.2) is 138 Å². The highest BCUT2D eigenvalue weighted by Crippen LogP contribution is 2.33. The number of anilines is 6. The lowest BCUT2D eigenvalue weighted by Crippen LogP contribution is -2.36. The Morgan fingerprint density at radius 1 is 0.278 bits per heavy atom. The first-order valence-electron chi connectivity index (χ1n) is 49.3. The Kier molecular flexibility index (Phi) is 18.8. The summed E-state index contributed by atoms with van der Waals surface area (Å²) in [5.41, 5.74) is 32.6. The number of hydrogen-bond donors (Lipinski definition) is 6. The molecule has 36 nitrogen and oxygen atoms in total. The van der Waals surface area contributed by atoms with Crippen molar-refractivity contribution in [3.8, 4) is 0 Å². The van der Waals surface area contributed by atoms with Gasteiger partial charge in [-0.1, -0.05) is 36.4 Å². The van der Waals surface area contributed by atoms with Crippen LogP contribution < -0.4 is 67.8 Å². The van der Waals surface area contributed by atoms with E-state index in [1.54, 1.807) is 42.5 Å². The molecule has 6 aromatic heterocycles. The van der Waals surface area contributed by atoms with Gasteiger partial charge in [-0.15, -0.1) is 0 Å². The maximum absolute atomic E-state index is 13.0. The minimum Gasteiger partial charge on any atom is -0.398 e. The fourth-order valence-electron chi connectivity index (χ4n) is 15.4. The summed E-state index contributed by atoms with van der Waals surface area (Å²) in [6.45, 7) is -8.04. The molecule has 0 radical (unpaired) electrons. The molecule has 6 heterocycles. The number of fused-ring (bicyclic) bond motifs is 6. The van der Waals surface area contributed by atoms with E-state index in [1.807, 2.05) is 0 Å². The van der Waals surface area contributed by atoms with Gasteiger partial charge in [0.15, 0.2) is 34.7 Å². The Hall–Kier alpha value is -15.0. The summed E-state index contributed by atoms with van der Waals surface area (Å²) in [7, 11) is 0. The highest BCUT2D eigenvalue weighted by atomic mass is 16.2. The lowest BCUT2D eigenvalue weighted by atomic mass is 9.92. The summed E-state index contributed by atoms with van der Waals surface area (Å²) in [5, 5.41) is 0.232. The molecule has 6 atom stereocenters. The minimum absolute atomic E-state index is 0.0224. The van der Waals surface area contributed by atoms with Crippen molar-refractivity contribution in [1.29, 1.82) is 0 Å². The van der Waals surface area contributed by atoms with Crippen LogP contribution in [0.3, 0.4) is 0 Å². The number of carbonyl (C=O) groups is 12. The zero-order chi connectivity index (χ0) is 109. The molecule has 36 heteroatoms. The first-order valence-corrected chi connectivity index (χ1v) is 38.8. The third kappa shape index (κ3) is 17.8. The highest BCUT2D eigenvalue weighted by molar-refractivity contribution is 6.08. The van der Waals surface area contributed by atoms with Crippen molar-refractivity contribution in [2.45, 2.75) is 193 Å². The van der Waals surface area contributed by atoms with E-state index in [0.29, 0.717) is 15.6 Å². The Morgan fingerprint density at radius 2 is 0.484 bits per heavy atom. The molecule has 0 amide bonds. The van der Waals surface area contributed by atoms with Gasteiger partial charge in [-0.2, -0.15) is 0 Å². The summed E-state index contributed by atoms with van der Waals surface area (Å²) in [4.78, 5) is 245. The fourth-order valence-corrected chi connectivity index (χ4v) is 15.4. The van der Waals surface area contributed by atoms with Crippen LogP contribution in [-0.4, -0.2) is 127 Å². The van der Waals surface area contributed by atoms with Gasteiger partial charge >= 0.3 is 0 Å². The largest absolute Gasteiger partial charge is 0.398 e. The molecule has 126 heavy (non-hydrogen) atoms. The second kappa shape index (κ2) is 36.6. The van der Waals surface area contributed by atoms with Crippen LogP contribution in [0, 0.1) is 41.3 Å². The van der Waals surface area contributed by atoms with Gasteiger partial charge in [0.2, 0.25) is 0 Å². The summed E-state index contributed by atoms with van der Waals surface area (Å²) < 4.78 is 169. The van der Waals surface area contributed by atoms with Crippen LogP contribution in [0.2, 0.25) is 0 Å². The number of ketones is 12. The van der Waals surface area contributed by atoms with Crippen molar-refractivity contribution in [1.82, 2.24) is 57.3 Å². The molecule has 0 saturated heterocycles. The van der Waals surface area contributed by atoms with Gasteiger partial charge in [-0.05, 0) is 152 Å². The molecule has 12 aromatic rings. The third-order valence-corrected chi connectivity index (χ3v) is 21.4. The monoisotopic (exact) mass is 1730 g/mol. The zero-order valence-corrected chi connectivity index (χ0v) is 66.9. The maximum Gasteiger partial charge on any atom is 0.264 e. The average Bonchev–Trinajstić information content (AvgIpc) is 0.722. The lowest BCUT2D eigenvalue weighted by Gasteiger charge is -2.24. The van der Waals surface area contributed by atoms with Gasteiger partial charge in [0.25, 0.3) is 33.4 Å². The summed E-state index contributed by atoms with van der Waals surface area (Å²) >= 11 is 0. The highest BCUT2D eigenvalue weighted by Gasteiger charge is 2.38. The van der Waals surface area contributed by atoms with Crippen LogP contribution in [0.4, 0.5) is 34.1 Å². The van der Waals surface area contributed by atoms with Crippen molar-refractivity contribution in [3.05, 3.63) is 206 Å². The topological polar surface area (TPSA) is 570 Å². The van der Waals surface area contributed by atoms with E-state index in [0.717, 1.165) is 22.8 Å². The first-order chi connectivity index (χ1) is 68.1. The number of carbonyl (C=O) groups excluding carboxylic acids is 12. The number of nitrogens with two attached hydrogens (primary N) is 6. The summed E-state index contributed by atoms with van der Waals surface area (Å²) in [6, 6.07) is 18.6. The number of nitrogens with zero attached hydrogens (tertiary/aromatic N) is 12. The van der Waals surface area contributed by atoms with Gasteiger partial charge in [0.1, 0.15) is 69.6 Å². The second-order valence-electron chi connectivity index (χ2n) is 29.8. The van der Waals surface area contributed by atoms with E-state index >= 15 is 0 Å². The normalized spacial score (nSPS) is 24.2. The molecular formula is C90H90N18O18. The zero-order valence-electron chi connectivity index (χ0n) is 87.9. The molecule has 0 spiro atoms. The van der Waals surface area contributed by atoms with E-state index in [1.165, 1.54) is 80.6 Å². The molecule has 6 aliphatic rings. The molecule has 0 bridgehead atoms. The van der Waals surface area contributed by atoms with Gasteiger partial charge in [-0.3, -0.25) is 114 Å². The van der Waals surface area contributed by atoms with Crippen LogP contribution in [0.25, 0.3) is 65.4 Å². The van der Waals surface area contributed by atoms with E-state index in [9.17, 15) is 86.3 Å². The van der Waals surface area contributed by atoms with Gasteiger partial charge in [0.05, 0.1) is 142 Å². The molecule has 648 valence electrons. The van der Waals surface area contributed by atoms with Crippen LogP contribution in [0.1, 0.15) is 215 Å². The fraction of sp³-hybridized carbons (Fsp3) is 0.333. The number of aromatic nitrogens is 12. The van der Waals surface area contributed by atoms with E-state index in [4.69, 9.17) is 63.2 Å². The van der Waals surface area contributed by atoms with Crippen molar-refractivity contribution >= 4 is 169 Å². The summed E-state index contributed by atoms with van der Waals surface area (Å²) in [6.07, 6.45) is -14.4. The number of aryl methyl sites for hydroxylation is 6. The standard InChI is InChI=1S/6C15H15N3O3/c6*1-8-17-11-4-2-3-10(16)14(11)15(21)18(8)12-6-5-9(19)7-13(12)20/h6*2-4,12H,5-7,16H2,1H3/t4*12-;;/m1100../s1/i5D2,6D2;1D3;5D2,6D2;1D3;1D3,12D;1D3. The van der Waals surface area contributed by atoms with Gasteiger partial charge < -0.3 is 34.4 Å². The van der Waals surface area contributed by atoms with E-state index in [2.05, 4.69) is 29.9 Å². The molecule has 2 unspecified atom stereocenters. The van der Waals surface area contributed by atoms with Crippen LogP contribution >= 0.6 is 0 Å². The molecule has 12 N–H and O–H groups in total. The van der Waals surface area contributed by atoms with Crippen molar-refractivity contribution in [2.24, 2.45) is 0 Å². The second-order valence-corrected chi connectivity index (χ2v) is 29.8. The Morgan fingerprint density at radius 3 is 0.730 bits per heavy atom. The lowest BCUT2D eigenvalue weighted by molar-refractivity contribution is -0.133. The molecule has 18 rings (SSSR count). The summed E-state index contributed by atoms with van der Waals surface area (Å²) in [5.74, 6) is -9.23. The molecule has 0 aliphatic heterocycles. The molecule has 6 saturated carbocycles. The molecule has 6 fully saturated rings. The average molecular weight is 1730 g/mol. The van der Waals surface area contributed by atoms with Crippen molar-refractivity contribution in [3.63, 3.8) is 0 Å². The quantitative estimate of drug-likeness (QED) is 0.0727. The number of benzene rings is 6. The Balaban J connectivity index is 0.000000147. The first kappa shape index (κ1) is 64.8. The van der Waals surface area contributed by atoms with Crippen LogP contribution in [-0.2, 0) is 57.5 Å². The van der Waals surface area contributed by atoms with E-state index < -0.39 is 211 Å². The number of Topliss-reactive ketones (excluding diaryl/α,β-unsaturated/α-hetero) is 12. The van der Waals surface area contributed by atoms with Crippen molar-refractivity contribution in [2.75, 3.05) is 34.4 Å². The number of rotatable bonds is 6. The predicted molar refractivity (Wildman–Crippen MR) is 468 cm³/mol. The molecular weight excluding hydrogens is 1620 g/mol. The molecule has 6 aromatic carbocycles. The van der Waals surface area contributed by atoms with Crippen LogP contribution in [0.5, 0.6) is 0 Å². The SMILES string of the molecule is [2H]C([2H])([2H])c1nc2cccc(N)c2c(=O)n1C1([2H])CCC(=O)CC1=O.[2H]C([2H])([2H])c1nc2cccc(N)c2c(=O)n1C1CCC(=O)CC1=O.[2H]C([2H])([2H])c1nc2cccc(N)c2c(=O)n1[C@@H]1CCC(=O)CC1=O.[2H]C([2H])([2H])c1nc2cccc(N)c2c(=O)n1[C@H]1CCC(=O)CC1=O.[2H]C1([2H])C(=O)CC(=O)[C@@H](n2c(C)nc3cccc(N)c3c2=O)C1([2H])[2H].[2H]C1([2H])C(=O)CC(=O)[C@H](n2c(C)nc3cccc(N)c3c2=O)C1([2H])[2H]. The Labute approximate surface area is 743 Å². The number of hydrogen-bond acceptors (Lipinski definition) is 30. The minimum atomic E-state index is -2.91. The van der Waals surface area contributed by atoms with E-state index in [-0.39, 0.29) is 194 Å². The maximum atomic E-state index is 13.0. The predicted octanol–water partition coefficient (Wildman–Crippen LogP) is 6.90.